The van der Waals surface area contributed by atoms with E-state index in [1.54, 1.807) is 25.3 Å². The van der Waals surface area contributed by atoms with Gasteiger partial charge in [-0.05, 0) is 56.4 Å². The Bertz CT molecular complexity index is 1610. The highest BCUT2D eigenvalue weighted by atomic mass is 35.5. The van der Waals surface area contributed by atoms with Crippen molar-refractivity contribution in [3.05, 3.63) is 45.4 Å². The molecule has 3 N–H and O–H groups in total. The van der Waals surface area contributed by atoms with Gasteiger partial charge in [-0.1, -0.05) is 50.0 Å². The number of benzene rings is 2. The normalized spacial score (nSPS) is 17.8. The third kappa shape index (κ3) is 8.63. The van der Waals surface area contributed by atoms with Gasteiger partial charge in [-0.15, -0.1) is 0 Å². The van der Waals surface area contributed by atoms with E-state index in [0.29, 0.717) is 56.1 Å². The fraction of sp³-hybridized carbons (Fsp3) is 0.545. The van der Waals surface area contributed by atoms with Gasteiger partial charge in [0.15, 0.2) is 0 Å². The molecule has 1 unspecified atom stereocenters. The number of imidazole rings is 1. The van der Waals surface area contributed by atoms with Gasteiger partial charge in [-0.3, -0.25) is 9.59 Å². The molecule has 9 nitrogen and oxygen atoms in total. The first-order valence-corrected chi connectivity index (χ1v) is 16.3. The molecular weight excluding hydrogens is 656 g/mol. The quantitative estimate of drug-likeness (QED) is 0.202. The molecule has 0 saturated heterocycles. The lowest BCUT2D eigenvalue weighted by Gasteiger charge is -2.31. The molecule has 1 fully saturated rings. The van der Waals surface area contributed by atoms with E-state index in [9.17, 15) is 22.8 Å². The first-order valence-electron chi connectivity index (χ1n) is 15.5. The molecule has 1 aliphatic carbocycles. The number of anilines is 3. The molecule has 0 bridgehead atoms. The summed E-state index contributed by atoms with van der Waals surface area (Å²) in [4.78, 5) is 32.8. The lowest BCUT2D eigenvalue weighted by molar-refractivity contribution is -0.182. The Morgan fingerprint density at radius 2 is 1.79 bits per heavy atom. The van der Waals surface area contributed by atoms with E-state index in [1.165, 1.54) is 0 Å². The summed E-state index contributed by atoms with van der Waals surface area (Å²) < 4.78 is 46.9. The van der Waals surface area contributed by atoms with Crippen LogP contribution in [0.5, 0.6) is 0 Å². The molecule has 1 aliphatic rings. The van der Waals surface area contributed by atoms with Gasteiger partial charge >= 0.3 is 6.18 Å². The fourth-order valence-electron chi connectivity index (χ4n) is 5.62. The zero-order valence-corrected chi connectivity index (χ0v) is 29.3. The third-order valence-corrected chi connectivity index (χ3v) is 9.39. The molecule has 47 heavy (non-hydrogen) atoms. The van der Waals surface area contributed by atoms with Gasteiger partial charge < -0.3 is 30.2 Å². The summed E-state index contributed by atoms with van der Waals surface area (Å²) in [5, 5.41) is 9.76. The van der Waals surface area contributed by atoms with Crippen molar-refractivity contribution in [2.45, 2.75) is 78.2 Å². The minimum atomic E-state index is -4.23. The van der Waals surface area contributed by atoms with Crippen molar-refractivity contribution in [3.8, 4) is 0 Å². The van der Waals surface area contributed by atoms with E-state index in [1.807, 2.05) is 57.3 Å². The predicted octanol–water partition coefficient (Wildman–Crippen LogP) is 7.61. The molecule has 3 aromatic rings. The maximum atomic E-state index is 13.7. The number of carbonyl (C=O) groups excluding carboxylic acids is 2. The highest BCUT2D eigenvalue weighted by Gasteiger charge is 2.41. The number of rotatable bonds is 10. The molecule has 1 saturated carbocycles. The van der Waals surface area contributed by atoms with E-state index < -0.39 is 17.5 Å². The van der Waals surface area contributed by atoms with E-state index >= 15 is 0 Å². The second-order valence-electron chi connectivity index (χ2n) is 13.3. The summed E-state index contributed by atoms with van der Waals surface area (Å²) in [6.45, 7) is 8.06. The van der Waals surface area contributed by atoms with Crippen LogP contribution in [0.25, 0.3) is 11.0 Å². The Morgan fingerprint density at radius 1 is 1.13 bits per heavy atom. The standard InChI is InChI=1S/C33H43Cl2F3N6O3/c1-18(47-7)17-43(5)25-15-26-24(14-22(25)29(45)40-21-11-9-20(10-12-21)33(36,37)38)41-31(44(26)6)42-28-23(34)13-8-19(27(28)35)16-39-30(46)32(2,3)4/h8,13-15,18,20-21H,9-12,16-17H2,1-7H3,(H,39,46)(H,40,45)(H,41,42)/t18?,20-,21-. The monoisotopic (exact) mass is 698 g/mol. The van der Waals surface area contributed by atoms with Crippen LogP contribution in [0.3, 0.4) is 0 Å². The lowest BCUT2D eigenvalue weighted by atomic mass is 9.85. The van der Waals surface area contributed by atoms with Gasteiger partial charge in [-0.25, -0.2) is 4.98 Å². The minimum Gasteiger partial charge on any atom is -0.380 e. The number of aromatic nitrogens is 2. The largest absolute Gasteiger partial charge is 0.391 e. The number of nitrogens with one attached hydrogen (secondary N) is 3. The van der Waals surface area contributed by atoms with Crippen LogP contribution < -0.4 is 20.9 Å². The molecule has 0 radical (unpaired) electrons. The number of fused-ring (bicyclic) bond motifs is 1. The van der Waals surface area contributed by atoms with Crippen LogP contribution in [0.4, 0.5) is 30.5 Å². The van der Waals surface area contributed by atoms with Gasteiger partial charge in [0.05, 0.1) is 50.0 Å². The minimum absolute atomic E-state index is 0.0177. The van der Waals surface area contributed by atoms with Crippen molar-refractivity contribution in [1.29, 1.82) is 0 Å². The number of ether oxygens (including phenoxy) is 1. The molecule has 2 amide bonds. The zero-order valence-electron chi connectivity index (χ0n) is 27.7. The summed E-state index contributed by atoms with van der Waals surface area (Å²) in [6.07, 6.45) is -3.90. The lowest BCUT2D eigenvalue weighted by Crippen LogP contribution is -2.40. The number of likely N-dealkylation sites (N-methyl/N-ethyl adjacent to an activating group) is 1. The predicted molar refractivity (Wildman–Crippen MR) is 181 cm³/mol. The first kappa shape index (κ1) is 36.6. The van der Waals surface area contributed by atoms with Crippen molar-refractivity contribution in [1.82, 2.24) is 20.2 Å². The molecule has 0 spiro atoms. The van der Waals surface area contributed by atoms with Gasteiger partial charge in [0.1, 0.15) is 0 Å². The van der Waals surface area contributed by atoms with E-state index in [2.05, 4.69) is 16.0 Å². The molecule has 14 heteroatoms. The summed E-state index contributed by atoms with van der Waals surface area (Å²) in [7, 11) is 5.27. The molecule has 0 aliphatic heterocycles. The number of alkyl halides is 3. The van der Waals surface area contributed by atoms with Gasteiger partial charge in [0, 0.05) is 45.8 Å². The van der Waals surface area contributed by atoms with Crippen LogP contribution in [0.2, 0.25) is 10.0 Å². The number of amides is 2. The number of halogens is 5. The molecule has 258 valence electrons. The van der Waals surface area contributed by atoms with Crippen LogP contribution in [0.1, 0.15) is 69.3 Å². The molecule has 1 aromatic heterocycles. The zero-order chi connectivity index (χ0) is 34.8. The third-order valence-electron chi connectivity index (χ3n) is 8.64. The average Bonchev–Trinajstić information content (AvgIpc) is 3.30. The Kier molecular flexibility index (Phi) is 11.3. The number of aryl methyl sites for hydroxylation is 1. The van der Waals surface area contributed by atoms with Crippen molar-refractivity contribution in [2.24, 2.45) is 18.4 Å². The van der Waals surface area contributed by atoms with Gasteiger partial charge in [0.2, 0.25) is 11.9 Å². The second-order valence-corrected chi connectivity index (χ2v) is 14.1. The number of methoxy groups -OCH3 is 1. The number of carbonyl (C=O) groups is 2. The fourth-order valence-corrected chi connectivity index (χ4v) is 6.15. The Labute approximate surface area is 283 Å². The van der Waals surface area contributed by atoms with Crippen LogP contribution in [-0.2, 0) is 23.1 Å². The highest BCUT2D eigenvalue weighted by Crippen LogP contribution is 2.39. The second kappa shape index (κ2) is 14.5. The van der Waals surface area contributed by atoms with E-state index in [4.69, 9.17) is 32.9 Å². The summed E-state index contributed by atoms with van der Waals surface area (Å²) in [5.74, 6) is -1.44. The van der Waals surface area contributed by atoms with Crippen molar-refractivity contribution in [2.75, 3.05) is 30.9 Å². The summed E-state index contributed by atoms with van der Waals surface area (Å²) in [5.41, 5.74) is 2.69. The number of nitrogens with zero attached hydrogens (tertiary/aromatic N) is 3. The maximum Gasteiger partial charge on any atom is 0.391 e. The Hall–Kier alpha value is -3.22. The average molecular weight is 700 g/mol. The molecular formula is C33H43Cl2F3N6O3. The van der Waals surface area contributed by atoms with Crippen LogP contribution in [0.15, 0.2) is 24.3 Å². The van der Waals surface area contributed by atoms with E-state index in [0.717, 1.165) is 0 Å². The Balaban J connectivity index is 1.65. The smallest absolute Gasteiger partial charge is 0.380 e. The maximum absolute atomic E-state index is 13.7. The van der Waals surface area contributed by atoms with Crippen molar-refractivity contribution in [3.63, 3.8) is 0 Å². The highest BCUT2D eigenvalue weighted by molar-refractivity contribution is 6.39. The van der Waals surface area contributed by atoms with Crippen LogP contribution >= 0.6 is 23.2 Å². The van der Waals surface area contributed by atoms with Crippen LogP contribution in [0, 0.1) is 11.3 Å². The molecule has 1 atom stereocenters. The van der Waals surface area contributed by atoms with Crippen LogP contribution in [-0.4, -0.2) is 60.4 Å². The molecule has 4 rings (SSSR count). The summed E-state index contributed by atoms with van der Waals surface area (Å²) in [6, 6.07) is 6.61. The van der Waals surface area contributed by atoms with Crippen molar-refractivity contribution >= 4 is 63.4 Å². The number of hydrogen-bond acceptors (Lipinski definition) is 6. The first-order chi connectivity index (χ1) is 21.9. The topological polar surface area (TPSA) is 101 Å². The van der Waals surface area contributed by atoms with Gasteiger partial charge in [0.25, 0.3) is 5.91 Å². The SMILES string of the molecule is COC(C)CN(C)c1cc2c(cc1C(=O)N[C@H]1CC[C@H](C(F)(F)F)CC1)nc(Nc1c(Cl)ccc(CNC(=O)C(C)(C)C)c1Cl)n2C. The molecule has 1 heterocycles. The summed E-state index contributed by atoms with van der Waals surface area (Å²) >= 11 is 13.3. The van der Waals surface area contributed by atoms with Gasteiger partial charge in [-0.2, -0.15) is 13.2 Å². The number of hydrogen-bond donors (Lipinski definition) is 3. The Morgan fingerprint density at radius 3 is 2.38 bits per heavy atom. The van der Waals surface area contributed by atoms with E-state index in [-0.39, 0.29) is 56.2 Å². The molecule has 2 aromatic carbocycles. The van der Waals surface area contributed by atoms with Crippen molar-refractivity contribution < 1.29 is 27.5 Å².